The minimum Gasteiger partial charge on any atom is -0.505 e. The van der Waals surface area contributed by atoms with Crippen molar-refractivity contribution in [2.45, 2.75) is 4.90 Å². The van der Waals surface area contributed by atoms with E-state index in [0.717, 1.165) is 12.1 Å². The first-order valence-corrected chi connectivity index (χ1v) is 10.9. The zero-order chi connectivity index (χ0) is 22.9. The molecule has 32 heavy (non-hydrogen) atoms. The van der Waals surface area contributed by atoms with Gasteiger partial charge in [0.2, 0.25) is 11.7 Å². The second-order valence-electron chi connectivity index (χ2n) is 6.96. The van der Waals surface area contributed by atoms with E-state index in [1.165, 1.54) is 36.4 Å². The molecule has 0 spiro atoms. The monoisotopic (exact) mass is 452 g/mol. The summed E-state index contributed by atoms with van der Waals surface area (Å²) in [5.41, 5.74) is -0.251. The van der Waals surface area contributed by atoms with Gasteiger partial charge in [-0.3, -0.25) is 9.59 Å². The van der Waals surface area contributed by atoms with E-state index in [1.807, 2.05) is 0 Å². The average Bonchev–Trinajstić information content (AvgIpc) is 2.78. The van der Waals surface area contributed by atoms with Crippen molar-refractivity contribution in [2.75, 3.05) is 11.9 Å². The van der Waals surface area contributed by atoms with Crippen molar-refractivity contribution in [3.63, 3.8) is 0 Å². The Morgan fingerprint density at radius 1 is 0.938 bits per heavy atom. The molecule has 1 aliphatic rings. The number of carbonyl (C=O) groups excluding carboxylic acids is 2. The molecule has 9 heteroatoms. The van der Waals surface area contributed by atoms with Gasteiger partial charge in [0.05, 0.1) is 4.90 Å². The summed E-state index contributed by atoms with van der Waals surface area (Å²) in [4.78, 5) is 25.6. The Kier molecular flexibility index (Phi) is 5.50. The third-order valence-corrected chi connectivity index (χ3v) is 6.65. The summed E-state index contributed by atoms with van der Waals surface area (Å²) in [5.74, 6) is -2.74. The van der Waals surface area contributed by atoms with Crippen LogP contribution in [0.2, 0.25) is 0 Å². The number of carbonyl (C=O) groups is 2. The fourth-order valence-electron chi connectivity index (χ4n) is 3.35. The van der Waals surface area contributed by atoms with Crippen molar-refractivity contribution in [3.05, 3.63) is 102 Å². The molecule has 1 amide bonds. The molecule has 0 fully saturated rings. The molecular weight excluding hydrogens is 435 g/mol. The van der Waals surface area contributed by atoms with Gasteiger partial charge in [0.15, 0.2) is 5.76 Å². The molecule has 162 valence electrons. The Balaban J connectivity index is 1.83. The van der Waals surface area contributed by atoms with E-state index in [2.05, 4.69) is 5.32 Å². The van der Waals surface area contributed by atoms with Gasteiger partial charge in [0, 0.05) is 16.8 Å². The number of fused-ring (bicyclic) bond motifs is 1. The maximum atomic E-state index is 13.3. The fourth-order valence-corrected chi connectivity index (χ4v) is 4.97. The highest BCUT2D eigenvalue weighted by Gasteiger charge is 2.42. The van der Waals surface area contributed by atoms with Crippen molar-refractivity contribution >= 4 is 33.2 Å². The number of hydrogen-bond donors (Lipinski definition) is 2. The molecule has 0 saturated carbocycles. The molecule has 0 unspecified atom stereocenters. The first-order chi connectivity index (χ1) is 15.3. The molecule has 0 aliphatic carbocycles. The molecule has 3 aromatic carbocycles. The second-order valence-corrected chi connectivity index (χ2v) is 8.79. The molecule has 2 N–H and O–H groups in total. The topological polar surface area (TPSA) is 104 Å². The van der Waals surface area contributed by atoms with Crippen LogP contribution < -0.4 is 5.32 Å². The second kappa shape index (κ2) is 8.27. The number of aliphatic hydroxyl groups is 1. The molecule has 3 aromatic rings. The number of rotatable bonds is 4. The van der Waals surface area contributed by atoms with Crippen molar-refractivity contribution in [1.29, 1.82) is 0 Å². The SMILES string of the molecule is O=C(CN1/C(=C(/O)c2ccc(F)cc2)C(=O)c2ccccc2S1(=O)=O)Nc1ccccc1. The van der Waals surface area contributed by atoms with Gasteiger partial charge in [0.1, 0.15) is 18.1 Å². The molecule has 0 saturated heterocycles. The molecule has 0 bridgehead atoms. The first kappa shape index (κ1) is 21.3. The van der Waals surface area contributed by atoms with Gasteiger partial charge in [-0.15, -0.1) is 0 Å². The molecule has 7 nitrogen and oxygen atoms in total. The average molecular weight is 452 g/mol. The first-order valence-electron chi connectivity index (χ1n) is 9.49. The van der Waals surface area contributed by atoms with Crippen molar-refractivity contribution in [1.82, 2.24) is 4.31 Å². The van der Waals surface area contributed by atoms with Crippen molar-refractivity contribution in [3.8, 4) is 0 Å². The maximum absolute atomic E-state index is 13.3. The minimum atomic E-state index is -4.35. The number of amides is 1. The number of anilines is 1. The number of Topliss-reactive ketones (excluding diaryl/α,β-unsaturated/α-hetero) is 1. The molecule has 0 aromatic heterocycles. The summed E-state index contributed by atoms with van der Waals surface area (Å²) in [6.45, 7) is -0.752. The lowest BCUT2D eigenvalue weighted by molar-refractivity contribution is -0.116. The zero-order valence-electron chi connectivity index (χ0n) is 16.5. The van der Waals surface area contributed by atoms with Crippen LogP contribution >= 0.6 is 0 Å². The van der Waals surface area contributed by atoms with Gasteiger partial charge < -0.3 is 10.4 Å². The number of allylic oxidation sites excluding steroid dienone is 1. The molecule has 0 atom stereocenters. The van der Waals surface area contributed by atoms with E-state index in [9.17, 15) is 27.5 Å². The minimum absolute atomic E-state index is 0.0257. The summed E-state index contributed by atoms with van der Waals surface area (Å²) in [5, 5.41) is 13.4. The summed E-state index contributed by atoms with van der Waals surface area (Å²) in [6.07, 6.45) is 0. The smallest absolute Gasteiger partial charge is 0.265 e. The van der Waals surface area contributed by atoms with E-state index in [-0.39, 0.29) is 16.0 Å². The van der Waals surface area contributed by atoms with Crippen LogP contribution in [0.3, 0.4) is 0 Å². The summed E-state index contributed by atoms with van der Waals surface area (Å²) < 4.78 is 40.6. The molecule has 1 heterocycles. The lowest BCUT2D eigenvalue weighted by Gasteiger charge is -2.31. The number of aliphatic hydroxyl groups excluding tert-OH is 1. The predicted molar refractivity (Wildman–Crippen MR) is 116 cm³/mol. The number of ketones is 1. The Hall–Kier alpha value is -3.98. The summed E-state index contributed by atoms with van der Waals surface area (Å²) in [6, 6.07) is 18.5. The van der Waals surface area contributed by atoms with Crippen LogP contribution in [-0.4, -0.2) is 36.1 Å². The molecule has 4 rings (SSSR count). The van der Waals surface area contributed by atoms with Gasteiger partial charge >= 0.3 is 0 Å². The van der Waals surface area contributed by atoms with E-state index in [0.29, 0.717) is 9.99 Å². The zero-order valence-corrected chi connectivity index (χ0v) is 17.3. The highest BCUT2D eigenvalue weighted by atomic mass is 32.2. The number of sulfonamides is 1. The van der Waals surface area contributed by atoms with Crippen molar-refractivity contribution in [2.24, 2.45) is 0 Å². The lowest BCUT2D eigenvalue weighted by Crippen LogP contribution is -2.43. The Morgan fingerprint density at radius 2 is 1.56 bits per heavy atom. The third kappa shape index (κ3) is 3.85. The Bertz CT molecular complexity index is 1340. The highest BCUT2D eigenvalue weighted by Crippen LogP contribution is 2.35. The number of benzene rings is 3. The van der Waals surface area contributed by atoms with E-state index in [1.54, 1.807) is 30.3 Å². The number of para-hydroxylation sites is 1. The van der Waals surface area contributed by atoms with Crippen molar-refractivity contribution < 1.29 is 27.5 Å². The molecular formula is C23H17FN2O5S. The predicted octanol–water partition coefficient (Wildman–Crippen LogP) is 3.58. The quantitative estimate of drug-likeness (QED) is 0.465. The number of nitrogens with zero attached hydrogens (tertiary/aromatic N) is 1. The highest BCUT2D eigenvalue weighted by molar-refractivity contribution is 7.89. The number of halogens is 1. The van der Waals surface area contributed by atoms with Gasteiger partial charge in [-0.25, -0.2) is 17.1 Å². The van der Waals surface area contributed by atoms with Crippen LogP contribution in [0.4, 0.5) is 10.1 Å². The Morgan fingerprint density at radius 3 is 2.25 bits per heavy atom. The molecule has 1 aliphatic heterocycles. The largest absolute Gasteiger partial charge is 0.505 e. The molecule has 0 radical (unpaired) electrons. The van der Waals surface area contributed by atoms with Crippen LogP contribution in [-0.2, 0) is 14.8 Å². The van der Waals surface area contributed by atoms with Crippen LogP contribution in [0.15, 0.2) is 89.5 Å². The summed E-state index contributed by atoms with van der Waals surface area (Å²) >= 11 is 0. The van der Waals surface area contributed by atoms with E-state index >= 15 is 0 Å². The number of hydrogen-bond acceptors (Lipinski definition) is 5. The van der Waals surface area contributed by atoms with Crippen LogP contribution in [0.5, 0.6) is 0 Å². The van der Waals surface area contributed by atoms with E-state index in [4.69, 9.17) is 0 Å². The third-order valence-electron chi connectivity index (χ3n) is 4.85. The number of nitrogens with one attached hydrogen (secondary N) is 1. The van der Waals surface area contributed by atoms with Gasteiger partial charge in [-0.1, -0.05) is 30.3 Å². The Labute approximate surface area is 183 Å². The van der Waals surface area contributed by atoms with Gasteiger partial charge in [-0.2, -0.15) is 0 Å². The fraction of sp³-hybridized carbons (Fsp3) is 0.0435. The normalized spacial score (nSPS) is 16.3. The van der Waals surface area contributed by atoms with Gasteiger partial charge in [0.25, 0.3) is 10.0 Å². The lowest BCUT2D eigenvalue weighted by atomic mass is 10.0. The van der Waals surface area contributed by atoms with Crippen LogP contribution in [0.1, 0.15) is 15.9 Å². The maximum Gasteiger partial charge on any atom is 0.265 e. The van der Waals surface area contributed by atoms with Crippen LogP contribution in [0, 0.1) is 5.82 Å². The van der Waals surface area contributed by atoms with Crippen LogP contribution in [0.25, 0.3) is 5.76 Å². The standard InChI is InChI=1S/C23H17FN2O5S/c24-16-12-10-15(11-13-16)22(28)21-23(29)18-8-4-5-9-19(18)32(30,31)26(21)14-20(27)25-17-6-2-1-3-7-17/h1-13,28H,14H2,(H,25,27)/b22-21+. The van der Waals surface area contributed by atoms with E-state index < -0.39 is 45.5 Å². The summed E-state index contributed by atoms with van der Waals surface area (Å²) in [7, 11) is -4.35. The van der Waals surface area contributed by atoms with Gasteiger partial charge in [-0.05, 0) is 48.5 Å².